The minimum Gasteiger partial charge on any atom is -0.394 e. The summed E-state index contributed by atoms with van der Waals surface area (Å²) in [6.07, 6.45) is -6.55. The van der Waals surface area contributed by atoms with Gasteiger partial charge in [0.25, 0.3) is 0 Å². The summed E-state index contributed by atoms with van der Waals surface area (Å²) in [4.78, 5) is 47.7. The zero-order valence-electron chi connectivity index (χ0n) is 15.6. The van der Waals surface area contributed by atoms with Gasteiger partial charge in [0.1, 0.15) is 30.3 Å². The number of aliphatic hydroxyl groups excluding tert-OH is 3. The van der Waals surface area contributed by atoms with Gasteiger partial charge in [0.2, 0.25) is 11.4 Å². The molecule has 5 N–H and O–H groups in total. The molecule has 0 radical (unpaired) electrons. The van der Waals surface area contributed by atoms with Crippen LogP contribution >= 0.6 is 0 Å². The standard InChI is InChI=1S/C16H23N5O7/c1-6(23)12-19-14(17)16(7(2)24)15(21(12)8(3)25)20(5-18-16)13-11(27)10(26)9(4-22)28-13/h5,9-13,15,22,26-27H,4H2,1-3H3,(H2,17,19)/t9-,10-,11-,12-,13-,15+,16+/m1/s1. The molecule has 0 aromatic carbocycles. The highest BCUT2D eigenvalue weighted by atomic mass is 16.6. The first-order valence-electron chi connectivity index (χ1n) is 8.67. The Kier molecular flexibility index (Phi) is 5.00. The van der Waals surface area contributed by atoms with Crippen LogP contribution in [0.25, 0.3) is 0 Å². The molecule has 1 saturated heterocycles. The largest absolute Gasteiger partial charge is 0.394 e. The van der Waals surface area contributed by atoms with E-state index in [0.717, 1.165) is 4.90 Å². The van der Waals surface area contributed by atoms with Gasteiger partial charge in [-0.15, -0.1) is 0 Å². The Morgan fingerprint density at radius 3 is 2.36 bits per heavy atom. The molecule has 0 bridgehead atoms. The zero-order valence-corrected chi connectivity index (χ0v) is 15.6. The van der Waals surface area contributed by atoms with Crippen LogP contribution in [0.2, 0.25) is 0 Å². The number of rotatable bonds is 4. The van der Waals surface area contributed by atoms with Crippen molar-refractivity contribution in [3.05, 3.63) is 0 Å². The Morgan fingerprint density at radius 1 is 1.25 bits per heavy atom. The van der Waals surface area contributed by atoms with E-state index in [1.165, 1.54) is 32.0 Å². The highest BCUT2D eigenvalue weighted by Gasteiger charge is 2.63. The fourth-order valence-corrected chi connectivity index (χ4v) is 3.89. The molecule has 0 aliphatic carbocycles. The van der Waals surface area contributed by atoms with Crippen molar-refractivity contribution in [2.24, 2.45) is 15.7 Å². The minimum atomic E-state index is -1.79. The first kappa shape index (κ1) is 20.3. The molecular formula is C16H23N5O7. The normalized spacial score (nSPS) is 39.7. The van der Waals surface area contributed by atoms with Gasteiger partial charge < -0.3 is 30.7 Å². The number of Topliss-reactive ketones (excluding diaryl/α,β-unsaturated/α-hetero) is 2. The molecule has 0 spiro atoms. The molecule has 0 saturated carbocycles. The van der Waals surface area contributed by atoms with Crippen LogP contribution in [0.15, 0.2) is 9.98 Å². The molecule has 0 aromatic rings. The number of nitrogens with zero attached hydrogens (tertiary/aromatic N) is 4. The number of ether oxygens (including phenoxy) is 1. The van der Waals surface area contributed by atoms with Gasteiger partial charge in [-0.05, 0) is 13.8 Å². The second-order valence-corrected chi connectivity index (χ2v) is 7.04. The lowest BCUT2D eigenvalue weighted by molar-refractivity contribution is -0.156. The van der Waals surface area contributed by atoms with Gasteiger partial charge >= 0.3 is 0 Å². The van der Waals surface area contributed by atoms with Crippen LogP contribution in [-0.2, 0) is 19.1 Å². The molecule has 0 aromatic heterocycles. The first-order chi connectivity index (χ1) is 13.1. The summed E-state index contributed by atoms with van der Waals surface area (Å²) in [5.41, 5.74) is 4.24. The number of aliphatic imine (C=N–C) groups is 2. The average Bonchev–Trinajstić information content (AvgIpc) is 3.14. The van der Waals surface area contributed by atoms with Gasteiger partial charge in [-0.3, -0.25) is 19.3 Å². The summed E-state index contributed by atoms with van der Waals surface area (Å²) in [5, 5.41) is 29.8. The van der Waals surface area contributed by atoms with Crippen LogP contribution in [0, 0.1) is 0 Å². The molecule has 3 heterocycles. The topological polar surface area (TPSA) is 178 Å². The second-order valence-electron chi connectivity index (χ2n) is 7.04. The molecule has 3 aliphatic rings. The van der Waals surface area contributed by atoms with Crippen LogP contribution < -0.4 is 5.73 Å². The van der Waals surface area contributed by atoms with Crippen LogP contribution in [-0.4, -0.2) is 104 Å². The van der Waals surface area contributed by atoms with Gasteiger partial charge in [-0.25, -0.2) is 9.98 Å². The Morgan fingerprint density at radius 2 is 1.89 bits per heavy atom. The molecule has 1 fully saturated rings. The fourth-order valence-electron chi connectivity index (χ4n) is 3.89. The number of carbonyl (C=O) groups is 3. The Bertz CT molecular complexity index is 770. The van der Waals surface area contributed by atoms with Crippen molar-refractivity contribution in [3.8, 4) is 0 Å². The van der Waals surface area contributed by atoms with Gasteiger partial charge in [0, 0.05) is 6.92 Å². The third kappa shape index (κ3) is 2.64. The number of amides is 1. The summed E-state index contributed by atoms with van der Waals surface area (Å²) in [7, 11) is 0. The van der Waals surface area contributed by atoms with E-state index in [4.69, 9.17) is 10.5 Å². The third-order valence-electron chi connectivity index (χ3n) is 5.30. The van der Waals surface area contributed by atoms with Crippen molar-refractivity contribution in [1.29, 1.82) is 0 Å². The summed E-state index contributed by atoms with van der Waals surface area (Å²) >= 11 is 0. The van der Waals surface area contributed by atoms with Crippen molar-refractivity contribution in [3.63, 3.8) is 0 Å². The molecule has 12 heteroatoms. The molecule has 1 amide bonds. The summed E-state index contributed by atoms with van der Waals surface area (Å²) in [5.74, 6) is -1.83. The van der Waals surface area contributed by atoms with E-state index in [0.29, 0.717) is 0 Å². The average molecular weight is 397 g/mol. The summed E-state index contributed by atoms with van der Waals surface area (Å²) in [6, 6.07) is 0. The van der Waals surface area contributed by atoms with Crippen LogP contribution in [0.4, 0.5) is 0 Å². The first-order valence-corrected chi connectivity index (χ1v) is 8.67. The monoisotopic (exact) mass is 397 g/mol. The second kappa shape index (κ2) is 6.88. The number of hydrogen-bond acceptors (Lipinski definition) is 11. The Labute approximate surface area is 160 Å². The predicted molar refractivity (Wildman–Crippen MR) is 93.9 cm³/mol. The molecule has 28 heavy (non-hydrogen) atoms. The van der Waals surface area contributed by atoms with Crippen molar-refractivity contribution >= 4 is 29.6 Å². The highest BCUT2D eigenvalue weighted by Crippen LogP contribution is 2.39. The van der Waals surface area contributed by atoms with Crippen LogP contribution in [0.1, 0.15) is 20.8 Å². The van der Waals surface area contributed by atoms with Gasteiger partial charge in [0.05, 0.1) is 12.9 Å². The maximum Gasteiger partial charge on any atom is 0.223 e. The van der Waals surface area contributed by atoms with E-state index in [1.807, 2.05) is 0 Å². The number of hydrogen-bond donors (Lipinski definition) is 4. The minimum absolute atomic E-state index is 0.242. The number of nitrogens with two attached hydrogens (primary N) is 1. The summed E-state index contributed by atoms with van der Waals surface area (Å²) in [6.45, 7) is 3.09. The zero-order chi connectivity index (χ0) is 21.0. The SMILES string of the molecule is CC(=O)[C@@H]1N=C(N)[C@]2(C(C)=O)N=CN([C@@H]3O[C@H](CO)[C@@H](O)[C@H]3O)[C@H]2N1C(C)=O. The maximum atomic E-state index is 12.6. The number of aliphatic hydroxyl groups is 3. The molecule has 0 unspecified atom stereocenters. The number of fused-ring (bicyclic) bond motifs is 1. The van der Waals surface area contributed by atoms with Crippen molar-refractivity contribution < 1.29 is 34.4 Å². The van der Waals surface area contributed by atoms with E-state index in [1.54, 1.807) is 0 Å². The van der Waals surface area contributed by atoms with E-state index >= 15 is 0 Å². The van der Waals surface area contributed by atoms with Crippen LogP contribution in [0.5, 0.6) is 0 Å². The van der Waals surface area contributed by atoms with Crippen molar-refractivity contribution in [2.45, 2.75) is 63.2 Å². The van der Waals surface area contributed by atoms with Gasteiger partial charge in [-0.2, -0.15) is 0 Å². The molecule has 3 aliphatic heterocycles. The molecule has 3 rings (SSSR count). The molecular weight excluding hydrogens is 374 g/mol. The van der Waals surface area contributed by atoms with E-state index in [9.17, 15) is 29.7 Å². The third-order valence-corrected chi connectivity index (χ3v) is 5.30. The predicted octanol–water partition coefficient (Wildman–Crippen LogP) is -3.44. The lowest BCUT2D eigenvalue weighted by atomic mass is 9.86. The van der Waals surface area contributed by atoms with E-state index in [-0.39, 0.29) is 5.84 Å². The smallest absolute Gasteiger partial charge is 0.223 e. The lowest BCUT2D eigenvalue weighted by Gasteiger charge is -2.48. The summed E-state index contributed by atoms with van der Waals surface area (Å²) < 4.78 is 5.52. The quantitative estimate of drug-likeness (QED) is 0.375. The Balaban J connectivity index is 2.13. The van der Waals surface area contributed by atoms with E-state index in [2.05, 4.69) is 9.98 Å². The maximum absolute atomic E-state index is 12.6. The van der Waals surface area contributed by atoms with E-state index < -0.39 is 66.5 Å². The lowest BCUT2D eigenvalue weighted by Crippen LogP contribution is -2.73. The van der Waals surface area contributed by atoms with Gasteiger partial charge in [0.15, 0.2) is 24.0 Å². The van der Waals surface area contributed by atoms with Crippen molar-refractivity contribution in [2.75, 3.05) is 6.61 Å². The Hall–Kier alpha value is -2.41. The molecule has 12 nitrogen and oxygen atoms in total. The number of carbonyl (C=O) groups excluding carboxylic acids is 3. The van der Waals surface area contributed by atoms with Crippen LogP contribution in [0.3, 0.4) is 0 Å². The number of ketones is 2. The van der Waals surface area contributed by atoms with Crippen molar-refractivity contribution in [1.82, 2.24) is 9.80 Å². The fraction of sp³-hybridized carbons (Fsp3) is 0.688. The number of amidine groups is 1. The molecule has 154 valence electrons. The molecule has 7 atom stereocenters. The highest BCUT2D eigenvalue weighted by molar-refractivity contribution is 6.16. The van der Waals surface area contributed by atoms with Gasteiger partial charge in [-0.1, -0.05) is 0 Å².